The maximum atomic E-state index is 14.0. The van der Waals surface area contributed by atoms with E-state index in [0.29, 0.717) is 17.4 Å². The number of rotatable bonds is 11. The Morgan fingerprint density at radius 1 is 0.750 bits per heavy atom. The van der Waals surface area contributed by atoms with E-state index in [-0.39, 0.29) is 35.9 Å². The van der Waals surface area contributed by atoms with Crippen molar-refractivity contribution >= 4 is 67.6 Å². The lowest BCUT2D eigenvalue weighted by atomic mass is 9.98. The molecule has 7 aromatic rings. The Balaban J connectivity index is 0.835. The Morgan fingerprint density at radius 2 is 1.41 bits per heavy atom. The lowest BCUT2D eigenvalue weighted by Crippen LogP contribution is -2.52. The van der Waals surface area contributed by atoms with E-state index in [2.05, 4.69) is 86.6 Å². The van der Waals surface area contributed by atoms with Crippen LogP contribution < -0.4 is 16.0 Å². The van der Waals surface area contributed by atoms with Gasteiger partial charge < -0.3 is 40.3 Å². The van der Waals surface area contributed by atoms with E-state index in [1.54, 1.807) is 0 Å². The number of nitrogens with one attached hydrogen (secondary N) is 5. The van der Waals surface area contributed by atoms with E-state index >= 15 is 0 Å². The number of carbonyl (C=O) groups excluding carboxylic acids is 4. The van der Waals surface area contributed by atoms with Gasteiger partial charge in [0.2, 0.25) is 11.8 Å². The molecule has 5 aromatic carbocycles. The zero-order chi connectivity index (χ0) is 44.2. The SMILES string of the molecule is COC(=O)NC(C(=O)NC1CCC(Cc2nc3c(ccc4cc(-c5ccc6c(ccc7[nH]c(C8CC9CC9N8C(=O)C(NC(=O)OC)C(C)C)nc76)c5)ccc43)[nH]2)C1)c1ccccc1. The van der Waals surface area contributed by atoms with Crippen LogP contribution in [-0.4, -0.2) is 81.2 Å². The Labute approximate surface area is 369 Å². The van der Waals surface area contributed by atoms with Crippen LogP contribution in [0.1, 0.15) is 75.2 Å². The fourth-order valence-electron chi connectivity index (χ4n) is 10.2. The van der Waals surface area contributed by atoms with Crippen LogP contribution in [0.5, 0.6) is 0 Å². The minimum absolute atomic E-state index is 0.00266. The maximum absolute atomic E-state index is 14.0. The molecule has 64 heavy (non-hydrogen) atoms. The molecule has 3 fully saturated rings. The van der Waals surface area contributed by atoms with E-state index in [0.717, 1.165) is 105 Å². The number of imidazole rings is 2. The van der Waals surface area contributed by atoms with Gasteiger partial charge in [-0.1, -0.05) is 80.6 Å². The highest BCUT2D eigenvalue weighted by molar-refractivity contribution is 6.07. The second-order valence-electron chi connectivity index (χ2n) is 18.1. The van der Waals surface area contributed by atoms with Crippen LogP contribution in [0.2, 0.25) is 0 Å². The molecule has 2 aliphatic carbocycles. The number of benzene rings is 5. The molecule has 0 bridgehead atoms. The Morgan fingerprint density at radius 3 is 2.08 bits per heavy atom. The summed E-state index contributed by atoms with van der Waals surface area (Å²) in [4.78, 5) is 70.9. The smallest absolute Gasteiger partial charge is 0.407 e. The molecule has 14 heteroatoms. The summed E-state index contributed by atoms with van der Waals surface area (Å²) in [6.07, 6.45) is 3.96. The van der Waals surface area contributed by atoms with Gasteiger partial charge in [-0.15, -0.1) is 0 Å². The van der Waals surface area contributed by atoms with Crippen molar-refractivity contribution in [3.8, 4) is 11.1 Å². The molecule has 14 nitrogen and oxygen atoms in total. The summed E-state index contributed by atoms with van der Waals surface area (Å²) in [5.41, 5.74) is 6.61. The number of carbonyl (C=O) groups is 4. The maximum Gasteiger partial charge on any atom is 0.407 e. The van der Waals surface area contributed by atoms with Crippen LogP contribution in [-0.2, 0) is 25.5 Å². The van der Waals surface area contributed by atoms with Gasteiger partial charge in [0.25, 0.3) is 0 Å². The standard InChI is InChI=1S/C50H52N8O6/c1-26(2)42(56-49(61)63-3)48(60)58-39-24-33(39)25-40(58)46-53-38-19-14-32-23-30(12-17-36(32)45(38)55-46)29-11-16-35-31(22-29)13-18-37-44(35)54-41(52-37)21-27-10-15-34(20-27)51-47(59)43(57-50(62)64-4)28-8-6-5-7-9-28/h5-9,11-14,16-19,22-23,26-27,33-34,39-40,42-43H,10,15,20-21,24-25H2,1-4H3,(H,51,59)(H,52,54)(H,53,55)(H,56,61)(H,57,62). The number of hydrogen-bond donors (Lipinski definition) is 5. The number of ether oxygens (including phenoxy) is 2. The number of aromatic amines is 2. The fraction of sp³-hybridized carbons (Fsp3) is 0.360. The van der Waals surface area contributed by atoms with Crippen LogP contribution in [0.3, 0.4) is 0 Å². The van der Waals surface area contributed by atoms with Crippen molar-refractivity contribution in [2.75, 3.05) is 14.2 Å². The van der Waals surface area contributed by atoms with E-state index in [1.165, 1.54) is 14.2 Å². The molecule has 3 heterocycles. The topological polar surface area (TPSA) is 183 Å². The fourth-order valence-corrected chi connectivity index (χ4v) is 10.2. The monoisotopic (exact) mass is 860 g/mol. The van der Waals surface area contributed by atoms with Crippen molar-refractivity contribution in [2.45, 2.75) is 82.6 Å². The summed E-state index contributed by atoms with van der Waals surface area (Å²) in [6.45, 7) is 3.86. The summed E-state index contributed by atoms with van der Waals surface area (Å²) < 4.78 is 9.62. The Hall–Kier alpha value is -6.96. The quantitative estimate of drug-likeness (QED) is 0.0859. The Bertz CT molecular complexity index is 2940. The van der Waals surface area contributed by atoms with E-state index in [9.17, 15) is 19.2 Å². The number of fused-ring (bicyclic) bond motifs is 7. The summed E-state index contributed by atoms with van der Waals surface area (Å²) in [6, 6.07) is 29.0. The number of amides is 4. The molecule has 1 saturated heterocycles. The normalized spacial score (nSPS) is 21.3. The van der Waals surface area contributed by atoms with E-state index in [4.69, 9.17) is 19.4 Å². The third kappa shape index (κ3) is 7.75. The zero-order valence-electron chi connectivity index (χ0n) is 36.3. The molecule has 2 saturated carbocycles. The predicted octanol–water partition coefficient (Wildman–Crippen LogP) is 8.38. The van der Waals surface area contributed by atoms with Gasteiger partial charge in [-0.05, 0) is 102 Å². The van der Waals surface area contributed by atoms with Crippen molar-refractivity contribution in [3.63, 3.8) is 0 Å². The van der Waals surface area contributed by atoms with Crippen molar-refractivity contribution in [1.82, 2.24) is 40.8 Å². The molecule has 0 radical (unpaired) electrons. The first-order valence-electron chi connectivity index (χ1n) is 22.3. The van der Waals surface area contributed by atoms with Crippen LogP contribution in [0, 0.1) is 17.8 Å². The van der Waals surface area contributed by atoms with Crippen molar-refractivity contribution < 1.29 is 28.7 Å². The van der Waals surface area contributed by atoms with Gasteiger partial charge in [-0.25, -0.2) is 19.6 Å². The third-order valence-electron chi connectivity index (χ3n) is 13.6. The molecule has 328 valence electrons. The molecule has 7 atom stereocenters. The molecule has 1 aliphatic heterocycles. The first kappa shape index (κ1) is 41.1. The molecule has 5 N–H and O–H groups in total. The van der Waals surface area contributed by atoms with Crippen LogP contribution in [0.4, 0.5) is 9.59 Å². The second kappa shape index (κ2) is 16.6. The second-order valence-corrected chi connectivity index (χ2v) is 18.1. The highest BCUT2D eigenvalue weighted by Gasteiger charge is 2.56. The molecular formula is C50H52N8O6. The number of hydrogen-bond acceptors (Lipinski definition) is 8. The lowest BCUT2D eigenvalue weighted by molar-refractivity contribution is -0.136. The minimum atomic E-state index is -0.844. The van der Waals surface area contributed by atoms with Gasteiger partial charge in [-0.2, -0.15) is 0 Å². The molecule has 2 aromatic heterocycles. The number of piperidine rings is 1. The number of alkyl carbamates (subject to hydrolysis) is 2. The average Bonchev–Trinajstić information content (AvgIpc) is 3.73. The highest BCUT2D eigenvalue weighted by Crippen LogP contribution is 2.53. The number of nitrogens with zero attached hydrogens (tertiary/aromatic N) is 3. The first-order valence-corrected chi connectivity index (χ1v) is 22.3. The van der Waals surface area contributed by atoms with E-state index in [1.807, 2.05) is 49.1 Å². The van der Waals surface area contributed by atoms with Crippen LogP contribution in [0.25, 0.3) is 54.7 Å². The van der Waals surface area contributed by atoms with Crippen molar-refractivity contribution in [2.24, 2.45) is 17.8 Å². The predicted molar refractivity (Wildman–Crippen MR) is 244 cm³/mol. The number of H-pyrrole nitrogens is 2. The van der Waals surface area contributed by atoms with Gasteiger partial charge in [0.15, 0.2) is 0 Å². The van der Waals surface area contributed by atoms with Crippen LogP contribution >= 0.6 is 0 Å². The van der Waals surface area contributed by atoms with E-state index < -0.39 is 24.3 Å². The number of aromatic nitrogens is 4. The molecule has 10 rings (SSSR count). The minimum Gasteiger partial charge on any atom is -0.453 e. The molecule has 0 spiro atoms. The average molecular weight is 861 g/mol. The summed E-state index contributed by atoms with van der Waals surface area (Å²) >= 11 is 0. The van der Waals surface area contributed by atoms with Gasteiger partial charge in [0, 0.05) is 29.3 Å². The molecule has 7 unspecified atom stereocenters. The highest BCUT2D eigenvalue weighted by atomic mass is 16.5. The third-order valence-corrected chi connectivity index (χ3v) is 13.6. The van der Waals surface area contributed by atoms with Gasteiger partial charge >= 0.3 is 12.2 Å². The van der Waals surface area contributed by atoms with Gasteiger partial charge in [0.05, 0.1) is 42.3 Å². The largest absolute Gasteiger partial charge is 0.453 e. The number of likely N-dealkylation sites (tertiary alicyclic amines) is 1. The molecular weight excluding hydrogens is 809 g/mol. The summed E-state index contributed by atoms with van der Waals surface area (Å²) in [5.74, 6) is 2.04. The van der Waals surface area contributed by atoms with Gasteiger partial charge in [0.1, 0.15) is 23.7 Å². The van der Waals surface area contributed by atoms with Crippen LogP contribution in [0.15, 0.2) is 91.0 Å². The summed E-state index contributed by atoms with van der Waals surface area (Å²) in [7, 11) is 2.59. The molecule has 4 amide bonds. The first-order chi connectivity index (χ1) is 31.0. The Kier molecular flexibility index (Phi) is 10.7. The van der Waals surface area contributed by atoms with Crippen molar-refractivity contribution in [3.05, 3.63) is 108 Å². The van der Waals surface area contributed by atoms with Gasteiger partial charge in [-0.3, -0.25) is 9.59 Å². The lowest BCUT2D eigenvalue weighted by Gasteiger charge is -2.31. The van der Waals surface area contributed by atoms with Crippen molar-refractivity contribution in [1.29, 1.82) is 0 Å². The summed E-state index contributed by atoms with van der Waals surface area (Å²) in [5, 5.41) is 12.9. The number of methoxy groups -OCH3 is 2. The zero-order valence-corrected chi connectivity index (χ0v) is 36.3. The molecule has 3 aliphatic rings.